The molecule has 0 saturated heterocycles. The molecule has 4 aromatic rings. The van der Waals surface area contributed by atoms with Gasteiger partial charge in [0, 0.05) is 16.5 Å². The number of ketones is 1. The van der Waals surface area contributed by atoms with E-state index in [9.17, 15) is 4.79 Å². The zero-order valence-electron chi connectivity index (χ0n) is 11.8. The van der Waals surface area contributed by atoms with Gasteiger partial charge in [-0.3, -0.25) is 4.79 Å². The molecule has 1 nitrogen and oxygen atoms in total. The van der Waals surface area contributed by atoms with Crippen LogP contribution in [0.2, 0.25) is 0 Å². The first kappa shape index (κ1) is 11.7. The quantitative estimate of drug-likeness (QED) is 0.356. The van der Waals surface area contributed by atoms with Crippen LogP contribution in [0, 0.1) is 0 Å². The van der Waals surface area contributed by atoms with E-state index in [-0.39, 0.29) is 5.78 Å². The van der Waals surface area contributed by atoms with Gasteiger partial charge in [-0.1, -0.05) is 66.7 Å². The van der Waals surface area contributed by atoms with Gasteiger partial charge in [0.1, 0.15) is 0 Å². The van der Waals surface area contributed by atoms with Gasteiger partial charge in [-0.2, -0.15) is 0 Å². The molecule has 102 valence electrons. The van der Waals surface area contributed by atoms with Crippen molar-refractivity contribution in [3.8, 4) is 11.1 Å². The van der Waals surface area contributed by atoms with Crippen molar-refractivity contribution in [1.29, 1.82) is 0 Å². The Bertz CT molecular complexity index is 1090. The molecule has 0 heterocycles. The van der Waals surface area contributed by atoms with Crippen LogP contribution in [0.1, 0.15) is 15.9 Å². The van der Waals surface area contributed by atoms with E-state index in [0.29, 0.717) is 0 Å². The molecule has 0 fully saturated rings. The highest BCUT2D eigenvalue weighted by atomic mass is 16.1. The van der Waals surface area contributed by atoms with Crippen molar-refractivity contribution >= 4 is 27.3 Å². The minimum Gasteiger partial charge on any atom is -0.289 e. The maximum absolute atomic E-state index is 12.8. The fourth-order valence-electron chi connectivity index (χ4n) is 3.64. The van der Waals surface area contributed by atoms with E-state index in [1.165, 1.54) is 16.3 Å². The van der Waals surface area contributed by atoms with Crippen LogP contribution >= 0.6 is 0 Å². The van der Waals surface area contributed by atoms with Crippen LogP contribution in [0.4, 0.5) is 0 Å². The molecule has 1 aliphatic carbocycles. The van der Waals surface area contributed by atoms with Crippen LogP contribution < -0.4 is 0 Å². The van der Waals surface area contributed by atoms with Gasteiger partial charge in [0.15, 0.2) is 5.78 Å². The van der Waals surface area contributed by atoms with Crippen LogP contribution in [-0.4, -0.2) is 5.78 Å². The maximum atomic E-state index is 12.8. The van der Waals surface area contributed by atoms with Crippen LogP contribution in [0.5, 0.6) is 0 Å². The van der Waals surface area contributed by atoms with E-state index in [1.807, 2.05) is 30.3 Å². The summed E-state index contributed by atoms with van der Waals surface area (Å²) in [5, 5.41) is 4.65. The van der Waals surface area contributed by atoms with E-state index in [1.54, 1.807) is 0 Å². The van der Waals surface area contributed by atoms with Crippen LogP contribution in [0.15, 0.2) is 72.8 Å². The molecule has 4 aromatic carbocycles. The van der Waals surface area contributed by atoms with E-state index >= 15 is 0 Å². The van der Waals surface area contributed by atoms with Crippen molar-refractivity contribution in [3.05, 3.63) is 83.9 Å². The van der Waals surface area contributed by atoms with Crippen molar-refractivity contribution in [1.82, 2.24) is 0 Å². The first-order valence-corrected chi connectivity index (χ1v) is 7.43. The SMILES string of the molecule is O=C1c2ccccc2-c2c3ccccc3cc3cccc1c23. The molecule has 0 aliphatic heterocycles. The third kappa shape index (κ3) is 1.35. The minimum absolute atomic E-state index is 0.129. The summed E-state index contributed by atoms with van der Waals surface area (Å²) in [5.41, 5.74) is 3.86. The number of hydrogen-bond donors (Lipinski definition) is 0. The Labute approximate surface area is 127 Å². The summed E-state index contributed by atoms with van der Waals surface area (Å²) in [5.74, 6) is 0.129. The lowest BCUT2D eigenvalue weighted by Crippen LogP contribution is -2.10. The van der Waals surface area contributed by atoms with Crippen molar-refractivity contribution in [2.24, 2.45) is 0 Å². The Morgan fingerprint density at radius 1 is 0.591 bits per heavy atom. The molecule has 0 unspecified atom stereocenters. The Morgan fingerprint density at radius 3 is 2.18 bits per heavy atom. The van der Waals surface area contributed by atoms with Gasteiger partial charge in [0.25, 0.3) is 0 Å². The van der Waals surface area contributed by atoms with E-state index in [0.717, 1.165) is 27.5 Å². The fourth-order valence-corrected chi connectivity index (χ4v) is 3.64. The number of benzene rings is 4. The predicted molar refractivity (Wildman–Crippen MR) is 90.3 cm³/mol. The van der Waals surface area contributed by atoms with E-state index in [4.69, 9.17) is 0 Å². The molecule has 0 radical (unpaired) electrons. The largest absolute Gasteiger partial charge is 0.289 e. The normalized spacial score (nSPS) is 12.6. The lowest BCUT2D eigenvalue weighted by Gasteiger charge is -2.21. The summed E-state index contributed by atoms with van der Waals surface area (Å²) in [6.07, 6.45) is 0. The Balaban J connectivity index is 2.14. The first-order valence-electron chi connectivity index (χ1n) is 7.43. The molecule has 1 heteroatoms. The molecule has 5 rings (SSSR count). The summed E-state index contributed by atoms with van der Waals surface area (Å²) < 4.78 is 0. The molecular weight excluding hydrogens is 268 g/mol. The van der Waals surface area contributed by atoms with Gasteiger partial charge in [0.05, 0.1) is 0 Å². The number of hydrogen-bond acceptors (Lipinski definition) is 1. The Kier molecular flexibility index (Phi) is 2.15. The number of fused-ring (bicyclic) bond motifs is 4. The smallest absolute Gasteiger partial charge is 0.194 e. The standard InChI is InChI=1S/C21H12O/c22-21-17-10-4-3-9-16(17)20-15-8-2-1-6-13(15)12-14-7-5-11-18(21)19(14)20/h1-12H. The van der Waals surface area contributed by atoms with Gasteiger partial charge < -0.3 is 0 Å². The molecule has 0 spiro atoms. The molecule has 0 N–H and O–H groups in total. The molecule has 22 heavy (non-hydrogen) atoms. The lowest BCUT2D eigenvalue weighted by atomic mass is 9.80. The predicted octanol–water partition coefficient (Wildman–Crippen LogP) is 5.20. The average molecular weight is 280 g/mol. The summed E-state index contributed by atoms with van der Waals surface area (Å²) in [4.78, 5) is 12.8. The fraction of sp³-hybridized carbons (Fsp3) is 0. The molecule has 0 atom stereocenters. The highest BCUT2D eigenvalue weighted by Crippen LogP contribution is 2.43. The second kappa shape index (κ2) is 4.05. The van der Waals surface area contributed by atoms with E-state index < -0.39 is 0 Å². The number of rotatable bonds is 0. The maximum Gasteiger partial charge on any atom is 0.194 e. The molecular formula is C21H12O. The van der Waals surface area contributed by atoms with Crippen LogP contribution in [0.25, 0.3) is 32.7 Å². The zero-order valence-corrected chi connectivity index (χ0v) is 11.8. The van der Waals surface area contributed by atoms with Gasteiger partial charge in [-0.15, -0.1) is 0 Å². The zero-order chi connectivity index (χ0) is 14.7. The molecule has 0 saturated carbocycles. The third-order valence-electron chi connectivity index (χ3n) is 4.57. The van der Waals surface area contributed by atoms with Crippen molar-refractivity contribution in [2.45, 2.75) is 0 Å². The van der Waals surface area contributed by atoms with Crippen molar-refractivity contribution in [3.63, 3.8) is 0 Å². The Morgan fingerprint density at radius 2 is 1.27 bits per heavy atom. The molecule has 1 aliphatic rings. The molecule has 0 amide bonds. The second-order valence-electron chi connectivity index (χ2n) is 5.75. The van der Waals surface area contributed by atoms with Gasteiger partial charge >= 0.3 is 0 Å². The average Bonchev–Trinajstić information content (AvgIpc) is 2.58. The van der Waals surface area contributed by atoms with Gasteiger partial charge in [-0.25, -0.2) is 0 Å². The number of carbonyl (C=O) groups is 1. The lowest BCUT2D eigenvalue weighted by molar-refractivity contribution is 0.104. The highest BCUT2D eigenvalue weighted by Gasteiger charge is 2.25. The van der Waals surface area contributed by atoms with Gasteiger partial charge in [-0.05, 0) is 33.4 Å². The van der Waals surface area contributed by atoms with E-state index in [2.05, 4.69) is 42.5 Å². The molecule has 0 aromatic heterocycles. The Hall–Kier alpha value is -2.93. The summed E-state index contributed by atoms with van der Waals surface area (Å²) in [6, 6.07) is 24.5. The summed E-state index contributed by atoms with van der Waals surface area (Å²) in [6.45, 7) is 0. The minimum atomic E-state index is 0.129. The first-order chi connectivity index (χ1) is 10.8. The van der Waals surface area contributed by atoms with Gasteiger partial charge in [0.2, 0.25) is 0 Å². The highest BCUT2D eigenvalue weighted by molar-refractivity contribution is 6.29. The van der Waals surface area contributed by atoms with Crippen LogP contribution in [-0.2, 0) is 0 Å². The third-order valence-corrected chi connectivity index (χ3v) is 4.57. The molecule has 0 bridgehead atoms. The number of carbonyl (C=O) groups excluding carboxylic acids is 1. The topological polar surface area (TPSA) is 17.1 Å². The monoisotopic (exact) mass is 280 g/mol. The van der Waals surface area contributed by atoms with Crippen molar-refractivity contribution in [2.75, 3.05) is 0 Å². The summed E-state index contributed by atoms with van der Waals surface area (Å²) >= 11 is 0. The second-order valence-corrected chi connectivity index (χ2v) is 5.75. The van der Waals surface area contributed by atoms with Crippen LogP contribution in [0.3, 0.4) is 0 Å². The summed E-state index contributed by atoms with van der Waals surface area (Å²) in [7, 11) is 0. The van der Waals surface area contributed by atoms with Crippen molar-refractivity contribution < 1.29 is 4.79 Å².